The number of urea groups is 2. The van der Waals surface area contributed by atoms with Crippen molar-refractivity contribution in [3.63, 3.8) is 0 Å². The van der Waals surface area contributed by atoms with Gasteiger partial charge in [0.1, 0.15) is 53.8 Å². The summed E-state index contributed by atoms with van der Waals surface area (Å²) in [6, 6.07) is 19.9. The number of fused-ring (bicyclic) bond motifs is 2. The third-order valence-electron chi connectivity index (χ3n) is 24.6. The number of hydrogen-bond donors (Lipinski definition) is 16. The lowest BCUT2D eigenvalue weighted by Crippen LogP contribution is -2.51. The standard InChI is InChI=1S/C74H100N6O13.C27H46N4O11.O3S/c1-6-7-25-49-79-61-37-19-17-34-57(61)73(2,3)63(79)44-41-52-29-27-30-53(68(52)93-56-32-13-10-14-33-56)42-45-64-74(4,5)58-35-18-20-38-62(58)80(64)50-26-11-16-40-66(83)75-47-23-21-28-54(69(86)87)51-55(81)31-12-8-9-15-39-65(82)76-48-24-22-36-59(70(88)89)77-72(92)78-60(71(90)91)43-46-67(84)85;28-15-7-5-9-18(24(36)37)17-19(32)10-3-1-2-4-12-22(33)29-16-8-6-11-20(25(38)39)30-27(42)31-21(26(40)41)13-14-23(34)35;1-4(2)3/h10,13-14,17-20,32-35,37-38,41-42,44-45,54,59-60H,6-9,11-12,15-16,21-31,36,39-40,43,46-51H2,1-5H3,(H7-,75,76,77,78,82,83,84,85,86,87,88,89,90,91,92);18,20-21H,1-17,28H2,(H,29,33)(H,34,35)(H,36,37)(H,38,39)(H,40,41)(H2,30,31,42);/p+2/t54?,59-,60-;18?,20-,21-;/m00./s1. The van der Waals surface area contributed by atoms with E-state index in [4.69, 9.17) is 32.7 Å². The van der Waals surface area contributed by atoms with Gasteiger partial charge in [-0.1, -0.05) is 126 Å². The minimum absolute atomic E-state index is 0.0113. The second-order valence-electron chi connectivity index (χ2n) is 36.3. The van der Waals surface area contributed by atoms with Crippen LogP contribution in [0.15, 0.2) is 126 Å². The summed E-state index contributed by atoms with van der Waals surface area (Å²) in [4.78, 5) is 179. The first-order chi connectivity index (χ1) is 66.2. The van der Waals surface area contributed by atoms with Crippen LogP contribution in [-0.2, 0) is 83.8 Å². The molecule has 0 bridgehead atoms. The predicted molar refractivity (Wildman–Crippen MR) is 519 cm³/mol. The van der Waals surface area contributed by atoms with E-state index in [1.807, 2.05) is 30.3 Å². The molecule has 3 aromatic carbocycles. The number of para-hydroxylation sites is 3. The third kappa shape index (κ3) is 46.2. The summed E-state index contributed by atoms with van der Waals surface area (Å²) in [6.07, 6.45) is 28.4. The van der Waals surface area contributed by atoms with E-state index in [0.717, 1.165) is 102 Å². The number of rotatable bonds is 68. The fraction of sp³-hybridized carbons (Fsp3) is 0.584. The molecule has 2 heterocycles. The smallest absolute Gasteiger partial charge is 0.425 e. The number of nitrogens with zero attached hydrogens (tertiary/aromatic N) is 2. The zero-order valence-electron chi connectivity index (χ0n) is 81.2. The number of aliphatic carboxylic acids is 8. The topological polar surface area (TPSA) is 596 Å². The molecule has 6 atom stereocenters. The molecule has 7 amide bonds. The van der Waals surface area contributed by atoms with Crippen LogP contribution in [0.5, 0.6) is 5.75 Å². The van der Waals surface area contributed by atoms with Crippen molar-refractivity contribution in [3.8, 4) is 5.75 Å². The number of carboxylic acid groups (broad SMARTS) is 8. The molecule has 18 N–H and O–H groups in total. The second-order valence-corrected chi connectivity index (χ2v) is 36.7. The fourth-order valence-electron chi connectivity index (χ4n) is 16.9. The van der Waals surface area contributed by atoms with Crippen LogP contribution in [0.3, 0.4) is 0 Å². The summed E-state index contributed by atoms with van der Waals surface area (Å²) in [5, 5.41) is 90.8. The van der Waals surface area contributed by atoms with Crippen molar-refractivity contribution in [1.82, 2.24) is 37.2 Å². The molecule has 3 aliphatic rings. The summed E-state index contributed by atoms with van der Waals surface area (Å²) in [7, 11) is -3.11. The van der Waals surface area contributed by atoms with Crippen LogP contribution in [0, 0.1) is 11.8 Å². The number of benzene rings is 3. The maximum absolute atomic E-state index is 13.0. The summed E-state index contributed by atoms with van der Waals surface area (Å²) in [5.41, 5.74) is 13.4. The first-order valence-corrected chi connectivity index (χ1v) is 49.7. The SMILES string of the molecule is CCCCC[N+]1=C(C=CC2=C(Oc3ccccc3)C(=CC=C3N(CCCCCC(=O)NCCCCC(CC(=O)CCCCCCC(=O)NCCCC[C@H](NC(=O)N[C@@H](CCC(=O)O)C(=O)O)C(=O)O)C(=O)O)c4ccccc4C3(C)C)CCC2)C(C)(C)c2ccccc21.O=S(=O)=O.[NH3+]CCCCC(CC(=O)CCCCCCC(=O)NCCCC[C@H](NC(=O)N[C@@H](CCC(=O)O)C(=O)O)C(=O)O)C(=O)O. The monoisotopic (exact) mass is 1970 g/mol. The fourth-order valence-corrected chi connectivity index (χ4v) is 16.9. The van der Waals surface area contributed by atoms with Crippen molar-refractivity contribution in [2.24, 2.45) is 11.8 Å². The van der Waals surface area contributed by atoms with Crippen molar-refractivity contribution in [2.45, 2.75) is 326 Å². The van der Waals surface area contributed by atoms with Gasteiger partial charge >= 0.3 is 70.4 Å². The third-order valence-corrected chi connectivity index (χ3v) is 24.6. The average Bonchev–Trinajstić information content (AvgIpc) is 1.60. The highest BCUT2D eigenvalue weighted by molar-refractivity contribution is 7.59. The number of anilines is 1. The van der Waals surface area contributed by atoms with Crippen molar-refractivity contribution in [1.29, 1.82) is 0 Å². The molecular formula is C101H148N10O27S+2. The number of nitrogens with one attached hydrogen (secondary N) is 7. The van der Waals surface area contributed by atoms with Gasteiger partial charge in [0.2, 0.25) is 23.4 Å². The number of unbranched alkanes of at least 4 members (excludes halogenated alkanes) is 14. The lowest BCUT2D eigenvalue weighted by molar-refractivity contribution is -0.438. The van der Waals surface area contributed by atoms with Crippen LogP contribution < -0.4 is 52.6 Å². The molecular weight excluding hydrogens is 1820 g/mol. The van der Waals surface area contributed by atoms with E-state index in [2.05, 4.69) is 160 Å². The molecule has 3 aromatic rings. The van der Waals surface area contributed by atoms with Crippen LogP contribution in [-0.4, -0.2) is 216 Å². The number of ketones is 2. The zero-order valence-corrected chi connectivity index (χ0v) is 82.0. The number of ether oxygens (including phenoxy) is 1. The van der Waals surface area contributed by atoms with Gasteiger partial charge < -0.3 is 93.4 Å². The summed E-state index contributed by atoms with van der Waals surface area (Å²) in [5.74, 6) is -10.2. The molecule has 6 rings (SSSR count). The molecule has 0 radical (unpaired) electrons. The predicted octanol–water partition coefficient (Wildman–Crippen LogP) is 12.9. The van der Waals surface area contributed by atoms with Gasteiger partial charge in [0.05, 0.1) is 23.8 Å². The van der Waals surface area contributed by atoms with Crippen LogP contribution in [0.4, 0.5) is 21.0 Å². The number of allylic oxidation sites excluding steroid dienone is 7. The molecule has 37 nitrogen and oxygen atoms in total. The molecule has 2 aliphatic heterocycles. The van der Waals surface area contributed by atoms with E-state index in [1.165, 1.54) is 57.9 Å². The number of hydrogen-bond acceptors (Lipinski definition) is 20. The van der Waals surface area contributed by atoms with Gasteiger partial charge in [-0.05, 0) is 209 Å². The minimum Gasteiger partial charge on any atom is -0.481 e. The van der Waals surface area contributed by atoms with Crippen molar-refractivity contribution in [2.75, 3.05) is 44.2 Å². The van der Waals surface area contributed by atoms with E-state index in [0.29, 0.717) is 122 Å². The highest BCUT2D eigenvalue weighted by Crippen LogP contribution is 2.48. The number of carboxylic acids is 8. The number of amides is 7. The van der Waals surface area contributed by atoms with Gasteiger partial charge in [-0.2, -0.15) is 4.58 Å². The van der Waals surface area contributed by atoms with Crippen LogP contribution >= 0.6 is 0 Å². The van der Waals surface area contributed by atoms with E-state index < -0.39 is 119 Å². The first-order valence-electron chi connectivity index (χ1n) is 48.7. The quantitative estimate of drug-likeness (QED) is 0.0184. The van der Waals surface area contributed by atoms with E-state index >= 15 is 0 Å². The Kier molecular flexibility index (Phi) is 55.9. The van der Waals surface area contributed by atoms with Gasteiger partial charge in [0.25, 0.3) is 0 Å². The van der Waals surface area contributed by atoms with Crippen LogP contribution in [0.25, 0.3) is 0 Å². The lowest BCUT2D eigenvalue weighted by atomic mass is 9.81. The number of Topliss-reactive ketones (excluding diaryl/α,β-unsaturated/α-hetero) is 2. The van der Waals surface area contributed by atoms with Gasteiger partial charge in [-0.25, -0.2) is 28.8 Å². The molecule has 0 aromatic heterocycles. The molecule has 2 unspecified atom stereocenters. The molecule has 0 saturated heterocycles. The summed E-state index contributed by atoms with van der Waals surface area (Å²) in [6.45, 7) is 15.1. The average molecular weight is 1970 g/mol. The molecule has 0 saturated carbocycles. The molecule has 768 valence electrons. The normalized spacial score (nSPS) is 15.2. The molecule has 0 fully saturated rings. The first kappa shape index (κ1) is 119. The maximum atomic E-state index is 13.0. The van der Waals surface area contributed by atoms with Crippen molar-refractivity contribution < 1.29 is 140 Å². The number of quaternary nitrogens is 1. The minimum atomic E-state index is -3.11. The van der Waals surface area contributed by atoms with Gasteiger partial charge in [0.15, 0.2) is 5.71 Å². The Balaban J connectivity index is 0.000000731. The van der Waals surface area contributed by atoms with Crippen LogP contribution in [0.2, 0.25) is 0 Å². The van der Waals surface area contributed by atoms with Crippen LogP contribution in [0.1, 0.15) is 303 Å². The maximum Gasteiger partial charge on any atom is 0.425 e. The summed E-state index contributed by atoms with van der Waals surface area (Å²) < 4.78 is 34.8. The Morgan fingerprint density at radius 1 is 0.439 bits per heavy atom. The summed E-state index contributed by atoms with van der Waals surface area (Å²) >= 11 is 0. The van der Waals surface area contributed by atoms with Gasteiger partial charge in [0, 0.05) is 125 Å². The Labute approximate surface area is 815 Å². The Morgan fingerprint density at radius 2 is 0.856 bits per heavy atom. The van der Waals surface area contributed by atoms with Gasteiger partial charge in [-0.3, -0.25) is 43.2 Å². The van der Waals surface area contributed by atoms with E-state index in [1.54, 1.807) is 0 Å². The van der Waals surface area contributed by atoms with Crippen molar-refractivity contribution in [3.05, 3.63) is 137 Å². The molecule has 38 heteroatoms. The van der Waals surface area contributed by atoms with Gasteiger partial charge in [-0.15, -0.1) is 12.6 Å². The zero-order chi connectivity index (χ0) is 103. The lowest BCUT2D eigenvalue weighted by Gasteiger charge is -2.27. The molecule has 1 aliphatic carbocycles. The highest BCUT2D eigenvalue weighted by atomic mass is 32.2. The Hall–Kier alpha value is -12.5. The second kappa shape index (κ2) is 65.4. The Bertz CT molecular complexity index is 4830. The van der Waals surface area contributed by atoms with Crippen molar-refractivity contribution >= 4 is 117 Å². The number of carbonyl (C=O) groups is 15. The van der Waals surface area contributed by atoms with E-state index in [-0.39, 0.29) is 98.0 Å². The molecule has 0 spiro atoms. The van der Waals surface area contributed by atoms with E-state index in [9.17, 15) is 97.5 Å². The largest absolute Gasteiger partial charge is 0.481 e. The number of carbonyl (C=O) groups excluding carboxylic acids is 7. The molecule has 139 heavy (non-hydrogen) atoms. The highest BCUT2D eigenvalue weighted by Gasteiger charge is 2.45. The Morgan fingerprint density at radius 3 is 1.30 bits per heavy atom.